The topological polar surface area (TPSA) is 32.5 Å². The van der Waals surface area contributed by atoms with E-state index in [-0.39, 0.29) is 6.17 Å². The molecule has 0 saturated heterocycles. The molecule has 3 heterocycles. The number of aryl methyl sites for hydroxylation is 2. The van der Waals surface area contributed by atoms with Crippen molar-refractivity contribution in [3.8, 4) is 0 Å². The molecular weight excluding hydrogens is 286 g/mol. The lowest BCUT2D eigenvalue weighted by molar-refractivity contribution is 0.383. The molecule has 0 radical (unpaired) electrons. The first-order chi connectivity index (χ1) is 11.1. The number of anilines is 1. The van der Waals surface area contributed by atoms with Crippen LogP contribution in [-0.4, -0.2) is 23.1 Å². The Balaban J connectivity index is 2.00. The number of fused-ring (bicyclic) bond motifs is 3. The fourth-order valence-corrected chi connectivity index (χ4v) is 3.24. The molecule has 0 fully saturated rings. The molecule has 0 N–H and O–H groups in total. The lowest BCUT2D eigenvalue weighted by atomic mass is 10.1. The van der Waals surface area contributed by atoms with E-state index in [0.717, 1.165) is 39.9 Å². The number of aromatic nitrogens is 1. The molecule has 0 spiro atoms. The average Bonchev–Trinajstić information content (AvgIpc) is 3.08. The van der Waals surface area contributed by atoms with Gasteiger partial charge in [0, 0.05) is 35.9 Å². The monoisotopic (exact) mass is 307 g/mol. The molecule has 23 heavy (non-hydrogen) atoms. The van der Waals surface area contributed by atoms with Crippen LogP contribution in [0.15, 0.2) is 41.1 Å². The summed E-state index contributed by atoms with van der Waals surface area (Å²) in [5.41, 5.74) is 5.05. The fraction of sp³-hybridized carbons (Fsp3) is 0.316. The van der Waals surface area contributed by atoms with E-state index in [4.69, 9.17) is 4.42 Å². The highest BCUT2D eigenvalue weighted by Gasteiger charge is 2.25. The molecule has 0 saturated carbocycles. The summed E-state index contributed by atoms with van der Waals surface area (Å²) in [7, 11) is 2.09. The molecule has 0 amide bonds. The van der Waals surface area contributed by atoms with Crippen LogP contribution in [0, 0.1) is 6.92 Å². The normalized spacial score (nSPS) is 17.8. The Morgan fingerprint density at radius 1 is 1.13 bits per heavy atom. The van der Waals surface area contributed by atoms with Crippen molar-refractivity contribution in [1.29, 1.82) is 0 Å². The van der Waals surface area contributed by atoms with E-state index in [2.05, 4.69) is 79.3 Å². The first kappa shape index (κ1) is 14.1. The standard InChI is InChI=1S/C19H21N3O/c1-5-14-7-9-16-15-8-6-12(2)17(18(15)23-19(16)20-14)22-11-10-21(4)13(22)3/h6-11,13H,5H2,1-4H3/t13-/m0/s1. The van der Waals surface area contributed by atoms with Crippen molar-refractivity contribution in [1.82, 2.24) is 9.88 Å². The van der Waals surface area contributed by atoms with Gasteiger partial charge in [-0.25, -0.2) is 4.98 Å². The van der Waals surface area contributed by atoms with Gasteiger partial charge >= 0.3 is 0 Å². The van der Waals surface area contributed by atoms with Gasteiger partial charge in [-0.1, -0.05) is 19.1 Å². The van der Waals surface area contributed by atoms with Gasteiger partial charge in [0.05, 0.1) is 5.69 Å². The lowest BCUT2D eigenvalue weighted by Gasteiger charge is -2.28. The SMILES string of the molecule is CCc1ccc2c(n1)oc1c(N3C=CN(C)[C@@H]3C)c(C)ccc12. The van der Waals surface area contributed by atoms with E-state index >= 15 is 0 Å². The molecule has 4 rings (SSSR count). The zero-order valence-corrected chi connectivity index (χ0v) is 14.0. The summed E-state index contributed by atoms with van der Waals surface area (Å²) in [4.78, 5) is 9.10. The number of benzene rings is 1. The highest BCUT2D eigenvalue weighted by atomic mass is 16.3. The van der Waals surface area contributed by atoms with Crippen LogP contribution in [0.4, 0.5) is 5.69 Å². The van der Waals surface area contributed by atoms with Gasteiger partial charge in [-0.2, -0.15) is 0 Å². The van der Waals surface area contributed by atoms with Gasteiger partial charge in [0.25, 0.3) is 0 Å². The second kappa shape index (κ2) is 5.01. The first-order valence-corrected chi connectivity index (χ1v) is 8.10. The molecule has 1 aliphatic rings. The maximum absolute atomic E-state index is 6.20. The largest absolute Gasteiger partial charge is 0.435 e. The minimum absolute atomic E-state index is 0.270. The second-order valence-corrected chi connectivity index (χ2v) is 6.22. The number of rotatable bonds is 2. The Morgan fingerprint density at radius 3 is 2.61 bits per heavy atom. The predicted molar refractivity (Wildman–Crippen MR) is 94.5 cm³/mol. The van der Waals surface area contributed by atoms with E-state index in [1.165, 1.54) is 5.56 Å². The number of hydrogen-bond donors (Lipinski definition) is 0. The zero-order chi connectivity index (χ0) is 16.1. The molecule has 0 bridgehead atoms. The molecule has 2 aromatic heterocycles. The van der Waals surface area contributed by atoms with Gasteiger partial charge in [0.15, 0.2) is 5.58 Å². The quantitative estimate of drug-likeness (QED) is 0.701. The number of nitrogens with zero attached hydrogens (tertiary/aromatic N) is 3. The molecule has 0 unspecified atom stereocenters. The van der Waals surface area contributed by atoms with Gasteiger partial charge in [-0.3, -0.25) is 0 Å². The molecule has 118 valence electrons. The number of hydrogen-bond acceptors (Lipinski definition) is 4. The van der Waals surface area contributed by atoms with Crippen LogP contribution >= 0.6 is 0 Å². The maximum atomic E-state index is 6.20. The van der Waals surface area contributed by atoms with Gasteiger partial charge in [-0.15, -0.1) is 0 Å². The third-order valence-corrected chi connectivity index (χ3v) is 4.81. The van der Waals surface area contributed by atoms with Crippen molar-refractivity contribution in [2.24, 2.45) is 0 Å². The smallest absolute Gasteiger partial charge is 0.227 e. The van der Waals surface area contributed by atoms with Crippen molar-refractivity contribution in [3.05, 3.63) is 47.9 Å². The second-order valence-electron chi connectivity index (χ2n) is 6.22. The van der Waals surface area contributed by atoms with Crippen molar-refractivity contribution >= 4 is 27.8 Å². The van der Waals surface area contributed by atoms with Crippen LogP contribution in [-0.2, 0) is 6.42 Å². The molecule has 1 aliphatic heterocycles. The predicted octanol–water partition coefficient (Wildman–Crippen LogP) is 4.42. The van der Waals surface area contributed by atoms with E-state index in [0.29, 0.717) is 0 Å². The van der Waals surface area contributed by atoms with Crippen LogP contribution in [0.5, 0.6) is 0 Å². The number of pyridine rings is 1. The van der Waals surface area contributed by atoms with Crippen LogP contribution in [0.1, 0.15) is 25.1 Å². The molecule has 1 aromatic carbocycles. The van der Waals surface area contributed by atoms with Crippen LogP contribution in [0.3, 0.4) is 0 Å². The third kappa shape index (κ3) is 2.01. The Labute approximate surface area is 136 Å². The fourth-order valence-electron chi connectivity index (χ4n) is 3.24. The minimum atomic E-state index is 0.270. The van der Waals surface area contributed by atoms with Crippen molar-refractivity contribution in [2.45, 2.75) is 33.4 Å². The van der Waals surface area contributed by atoms with E-state index < -0.39 is 0 Å². The summed E-state index contributed by atoms with van der Waals surface area (Å²) < 4.78 is 6.20. The molecule has 1 atom stereocenters. The van der Waals surface area contributed by atoms with Gasteiger partial charge in [-0.05, 0) is 38.0 Å². The summed E-state index contributed by atoms with van der Waals surface area (Å²) in [6.45, 7) is 6.43. The summed E-state index contributed by atoms with van der Waals surface area (Å²) in [6.07, 6.45) is 5.39. The first-order valence-electron chi connectivity index (χ1n) is 8.10. The van der Waals surface area contributed by atoms with Crippen molar-refractivity contribution in [2.75, 3.05) is 11.9 Å². The summed E-state index contributed by atoms with van der Waals surface area (Å²) in [6, 6.07) is 8.52. The zero-order valence-electron chi connectivity index (χ0n) is 14.0. The Hall–Kier alpha value is -2.49. The van der Waals surface area contributed by atoms with Crippen LogP contribution in [0.2, 0.25) is 0 Å². The van der Waals surface area contributed by atoms with Crippen LogP contribution in [0.25, 0.3) is 22.1 Å². The average molecular weight is 307 g/mol. The maximum Gasteiger partial charge on any atom is 0.227 e. The summed E-state index contributed by atoms with van der Waals surface area (Å²) >= 11 is 0. The lowest BCUT2D eigenvalue weighted by Crippen LogP contribution is -2.33. The molecule has 3 aromatic rings. The molecule has 4 heteroatoms. The Kier molecular flexibility index (Phi) is 3.08. The van der Waals surface area contributed by atoms with E-state index in [9.17, 15) is 0 Å². The highest BCUT2D eigenvalue weighted by molar-refractivity contribution is 6.08. The number of furan rings is 1. The molecule has 4 nitrogen and oxygen atoms in total. The summed E-state index contributed by atoms with van der Waals surface area (Å²) in [5.74, 6) is 0. The molecule has 0 aliphatic carbocycles. The van der Waals surface area contributed by atoms with Crippen molar-refractivity contribution < 1.29 is 4.42 Å². The van der Waals surface area contributed by atoms with Crippen LogP contribution < -0.4 is 4.90 Å². The van der Waals surface area contributed by atoms with Gasteiger partial charge in [0.1, 0.15) is 6.17 Å². The van der Waals surface area contributed by atoms with E-state index in [1.807, 2.05) is 0 Å². The molecular formula is C19H21N3O. The van der Waals surface area contributed by atoms with Crippen molar-refractivity contribution in [3.63, 3.8) is 0 Å². The Bertz CT molecular complexity index is 925. The Morgan fingerprint density at radius 2 is 1.91 bits per heavy atom. The highest BCUT2D eigenvalue weighted by Crippen LogP contribution is 2.39. The summed E-state index contributed by atoms with van der Waals surface area (Å²) in [5, 5.41) is 2.22. The third-order valence-electron chi connectivity index (χ3n) is 4.81. The minimum Gasteiger partial charge on any atom is -0.435 e. The van der Waals surface area contributed by atoms with Gasteiger partial charge < -0.3 is 14.2 Å². The van der Waals surface area contributed by atoms with Gasteiger partial charge in [0.2, 0.25) is 5.71 Å². The van der Waals surface area contributed by atoms with E-state index in [1.54, 1.807) is 0 Å².